The van der Waals surface area contributed by atoms with Gasteiger partial charge in [-0.05, 0) is 31.2 Å². The van der Waals surface area contributed by atoms with Crippen LogP contribution in [0.3, 0.4) is 0 Å². The predicted octanol–water partition coefficient (Wildman–Crippen LogP) is 1.96. The number of hydrogen-bond donors (Lipinski definition) is 4. The fourth-order valence-electron chi connectivity index (χ4n) is 3.87. The van der Waals surface area contributed by atoms with E-state index in [0.29, 0.717) is 0 Å². The van der Waals surface area contributed by atoms with Gasteiger partial charge in [-0.2, -0.15) is 0 Å². The minimum atomic E-state index is -2.74. The zero-order valence-corrected chi connectivity index (χ0v) is 21.3. The number of carboxylic acids is 3. The SMILES string of the molecule is Cc1ccc(OCCN2CCN(C)CC2)c(Cc2ccccc2)c1.O=C(O)CC(O)(CC(=O)O)C(=O)O. The lowest BCUT2D eigenvalue weighted by Gasteiger charge is -2.32. The molecule has 202 valence electrons. The molecule has 0 unspecified atom stereocenters. The molecule has 2 aromatic carbocycles. The van der Waals surface area contributed by atoms with E-state index in [2.05, 4.69) is 72.3 Å². The van der Waals surface area contributed by atoms with Crippen LogP contribution in [0.25, 0.3) is 0 Å². The molecular weight excluding hydrogens is 480 g/mol. The van der Waals surface area contributed by atoms with Gasteiger partial charge in [-0.15, -0.1) is 0 Å². The molecule has 4 N–H and O–H groups in total. The summed E-state index contributed by atoms with van der Waals surface area (Å²) in [5, 5.41) is 33.8. The molecule has 1 fully saturated rings. The molecule has 0 bridgehead atoms. The summed E-state index contributed by atoms with van der Waals surface area (Å²) < 4.78 is 6.14. The maximum absolute atomic E-state index is 10.3. The Kier molecular flexibility index (Phi) is 11.5. The fourth-order valence-corrected chi connectivity index (χ4v) is 3.87. The fraction of sp³-hybridized carbons (Fsp3) is 0.444. The highest BCUT2D eigenvalue weighted by Crippen LogP contribution is 2.23. The largest absolute Gasteiger partial charge is 0.492 e. The van der Waals surface area contributed by atoms with Crippen LogP contribution in [0, 0.1) is 6.92 Å². The van der Waals surface area contributed by atoms with Crippen LogP contribution in [0.5, 0.6) is 5.75 Å². The first kappa shape index (κ1) is 29.8. The van der Waals surface area contributed by atoms with E-state index >= 15 is 0 Å². The van der Waals surface area contributed by atoms with Gasteiger partial charge >= 0.3 is 17.9 Å². The molecule has 0 aliphatic carbocycles. The van der Waals surface area contributed by atoms with Crippen molar-refractivity contribution in [2.45, 2.75) is 31.8 Å². The predicted molar refractivity (Wildman–Crippen MR) is 137 cm³/mol. The lowest BCUT2D eigenvalue weighted by Crippen LogP contribution is -2.45. The molecule has 37 heavy (non-hydrogen) atoms. The van der Waals surface area contributed by atoms with Crippen LogP contribution in [0.4, 0.5) is 0 Å². The van der Waals surface area contributed by atoms with Crippen LogP contribution in [0.15, 0.2) is 48.5 Å². The normalized spacial score (nSPS) is 14.4. The van der Waals surface area contributed by atoms with Gasteiger partial charge in [-0.3, -0.25) is 14.5 Å². The van der Waals surface area contributed by atoms with Crippen LogP contribution in [-0.4, -0.2) is 100 Å². The van der Waals surface area contributed by atoms with Gasteiger partial charge in [0.25, 0.3) is 0 Å². The highest BCUT2D eigenvalue weighted by molar-refractivity contribution is 5.88. The molecule has 1 heterocycles. The van der Waals surface area contributed by atoms with E-state index in [9.17, 15) is 14.4 Å². The van der Waals surface area contributed by atoms with Crippen molar-refractivity contribution in [3.8, 4) is 5.75 Å². The summed E-state index contributed by atoms with van der Waals surface area (Å²) in [4.78, 5) is 35.4. The third-order valence-corrected chi connectivity index (χ3v) is 6.00. The van der Waals surface area contributed by atoms with Gasteiger partial charge in [0.1, 0.15) is 12.4 Å². The number of carbonyl (C=O) groups is 3. The van der Waals surface area contributed by atoms with Crippen LogP contribution < -0.4 is 4.74 Å². The van der Waals surface area contributed by atoms with Crippen molar-refractivity contribution < 1.29 is 39.5 Å². The second kappa shape index (κ2) is 14.3. The Morgan fingerprint density at radius 3 is 2.05 bits per heavy atom. The Bertz CT molecular complexity index is 1020. The third kappa shape index (κ3) is 10.6. The van der Waals surface area contributed by atoms with E-state index < -0.39 is 36.4 Å². The van der Waals surface area contributed by atoms with Gasteiger partial charge in [-0.1, -0.05) is 48.0 Å². The third-order valence-electron chi connectivity index (χ3n) is 6.00. The first-order valence-electron chi connectivity index (χ1n) is 12.0. The van der Waals surface area contributed by atoms with Gasteiger partial charge < -0.3 is 30.1 Å². The number of rotatable bonds is 11. The number of nitrogens with zero attached hydrogens (tertiary/aromatic N) is 2. The van der Waals surface area contributed by atoms with Crippen molar-refractivity contribution in [1.82, 2.24) is 9.80 Å². The van der Waals surface area contributed by atoms with Crippen molar-refractivity contribution in [1.29, 1.82) is 0 Å². The Morgan fingerprint density at radius 1 is 0.919 bits per heavy atom. The number of piperazine rings is 1. The van der Waals surface area contributed by atoms with Crippen LogP contribution in [-0.2, 0) is 20.8 Å². The van der Waals surface area contributed by atoms with E-state index in [4.69, 9.17) is 25.2 Å². The summed E-state index contributed by atoms with van der Waals surface area (Å²) in [6.45, 7) is 8.51. The van der Waals surface area contributed by atoms with Gasteiger partial charge in [0.2, 0.25) is 0 Å². The number of hydrogen-bond acceptors (Lipinski definition) is 7. The van der Waals surface area contributed by atoms with E-state index in [-0.39, 0.29) is 0 Å². The summed E-state index contributed by atoms with van der Waals surface area (Å²) in [5.74, 6) is -3.99. The molecule has 2 aromatic rings. The van der Waals surface area contributed by atoms with Gasteiger partial charge in [0, 0.05) is 39.1 Å². The first-order chi connectivity index (χ1) is 17.5. The molecule has 0 radical (unpaired) electrons. The molecule has 0 spiro atoms. The second-order valence-electron chi connectivity index (χ2n) is 9.24. The molecule has 3 rings (SSSR count). The number of benzene rings is 2. The molecule has 1 saturated heterocycles. The quantitative estimate of drug-likeness (QED) is 0.349. The molecule has 1 aliphatic heterocycles. The van der Waals surface area contributed by atoms with Crippen molar-refractivity contribution in [3.05, 3.63) is 65.2 Å². The minimum Gasteiger partial charge on any atom is -0.492 e. The molecule has 0 amide bonds. The Morgan fingerprint density at radius 2 is 1.51 bits per heavy atom. The number of aliphatic hydroxyl groups is 1. The molecule has 10 nitrogen and oxygen atoms in total. The van der Waals surface area contributed by atoms with E-state index in [1.54, 1.807) is 0 Å². The van der Waals surface area contributed by atoms with E-state index in [0.717, 1.165) is 51.5 Å². The number of aryl methyl sites for hydroxylation is 1. The molecule has 0 saturated carbocycles. The maximum atomic E-state index is 10.3. The number of aliphatic carboxylic acids is 3. The molecule has 0 aromatic heterocycles. The highest BCUT2D eigenvalue weighted by Gasteiger charge is 2.40. The second-order valence-corrected chi connectivity index (χ2v) is 9.24. The highest BCUT2D eigenvalue weighted by atomic mass is 16.5. The molecule has 1 aliphatic rings. The standard InChI is InChI=1S/C21H28N2O.C6H8O7/c1-18-8-9-21(20(16-18)17-19-6-4-3-5-7-19)24-15-14-23-12-10-22(2)11-13-23;7-3(8)1-6(13,5(11)12)2-4(9)10/h3-9,16H,10-15,17H2,1-2H3;13H,1-2H2,(H,7,8)(H,9,10)(H,11,12). The lowest BCUT2D eigenvalue weighted by molar-refractivity contribution is -0.170. The van der Waals surface area contributed by atoms with Gasteiger partial charge in [0.05, 0.1) is 12.8 Å². The molecular formula is C27H36N2O8. The number of carboxylic acid groups (broad SMARTS) is 3. The first-order valence-corrected chi connectivity index (χ1v) is 12.0. The monoisotopic (exact) mass is 516 g/mol. The topological polar surface area (TPSA) is 148 Å². The summed E-state index contributed by atoms with van der Waals surface area (Å²) in [5.41, 5.74) is 1.15. The van der Waals surface area contributed by atoms with Crippen molar-refractivity contribution in [2.75, 3.05) is 46.4 Å². The minimum absolute atomic E-state index is 0.758. The van der Waals surface area contributed by atoms with Gasteiger partial charge in [0.15, 0.2) is 5.60 Å². The van der Waals surface area contributed by atoms with Crippen molar-refractivity contribution in [2.24, 2.45) is 0 Å². The Balaban J connectivity index is 0.000000317. The van der Waals surface area contributed by atoms with Crippen molar-refractivity contribution in [3.63, 3.8) is 0 Å². The summed E-state index contributed by atoms with van der Waals surface area (Å²) >= 11 is 0. The maximum Gasteiger partial charge on any atom is 0.336 e. The van der Waals surface area contributed by atoms with Crippen molar-refractivity contribution >= 4 is 17.9 Å². The van der Waals surface area contributed by atoms with Crippen LogP contribution in [0.2, 0.25) is 0 Å². The zero-order valence-electron chi connectivity index (χ0n) is 21.3. The summed E-state index contributed by atoms with van der Waals surface area (Å²) in [6, 6.07) is 17.1. The zero-order chi connectivity index (χ0) is 27.4. The lowest BCUT2D eigenvalue weighted by atomic mass is 9.96. The van der Waals surface area contributed by atoms with E-state index in [1.807, 2.05) is 0 Å². The van der Waals surface area contributed by atoms with Gasteiger partial charge in [-0.25, -0.2) is 4.79 Å². The van der Waals surface area contributed by atoms with Crippen LogP contribution in [0.1, 0.15) is 29.5 Å². The Hall–Kier alpha value is -3.47. The van der Waals surface area contributed by atoms with Crippen LogP contribution >= 0.6 is 0 Å². The molecule has 10 heteroatoms. The summed E-state index contributed by atoms with van der Waals surface area (Å²) in [6.07, 6.45) is -1.37. The van der Waals surface area contributed by atoms with E-state index in [1.165, 1.54) is 16.7 Å². The average molecular weight is 517 g/mol. The smallest absolute Gasteiger partial charge is 0.336 e. The number of ether oxygens (including phenoxy) is 1. The molecule has 0 atom stereocenters. The average Bonchev–Trinajstić information content (AvgIpc) is 2.82. The number of likely N-dealkylation sites (N-methyl/N-ethyl adjacent to an activating group) is 1. The Labute approximate surface area is 216 Å². The summed E-state index contributed by atoms with van der Waals surface area (Å²) in [7, 11) is 2.19.